The number of rotatable bonds is 3. The Balaban J connectivity index is 1.54. The van der Waals surface area contributed by atoms with Crippen LogP contribution in [0.1, 0.15) is 36.3 Å². The summed E-state index contributed by atoms with van der Waals surface area (Å²) < 4.78 is 6.23. The maximum absolute atomic E-state index is 6.23. The summed E-state index contributed by atoms with van der Waals surface area (Å²) in [4.78, 5) is 16.4. The van der Waals surface area contributed by atoms with Crippen molar-refractivity contribution in [2.24, 2.45) is 0 Å². The third-order valence-corrected chi connectivity index (χ3v) is 6.03. The van der Waals surface area contributed by atoms with Crippen LogP contribution in [-0.4, -0.2) is 34.1 Å². The monoisotopic (exact) mass is 378 g/mol. The smallest absolute Gasteiger partial charge is 0.161 e. The van der Waals surface area contributed by atoms with Crippen molar-refractivity contribution >= 4 is 17.2 Å². The molecule has 0 aromatic carbocycles. The molecule has 5 nitrogen and oxygen atoms in total. The molecule has 0 saturated carbocycles. The normalized spacial score (nSPS) is 22.0. The summed E-state index contributed by atoms with van der Waals surface area (Å²) in [7, 11) is 0. The molecule has 3 aromatic rings. The third kappa shape index (κ3) is 3.24. The van der Waals surface area contributed by atoms with Gasteiger partial charge in [-0.05, 0) is 60.7 Å². The van der Waals surface area contributed by atoms with Gasteiger partial charge >= 0.3 is 0 Å². The number of anilines is 1. The number of thiophene rings is 1. The van der Waals surface area contributed by atoms with Crippen LogP contribution in [0, 0.1) is 0 Å². The lowest BCUT2D eigenvalue weighted by molar-refractivity contribution is -0.0174. The first kappa shape index (κ1) is 16.8. The second-order valence-corrected chi connectivity index (χ2v) is 8.06. The van der Waals surface area contributed by atoms with Crippen molar-refractivity contribution in [2.45, 2.75) is 38.4 Å². The zero-order valence-corrected chi connectivity index (χ0v) is 16.2. The molecule has 0 spiro atoms. The van der Waals surface area contributed by atoms with Crippen LogP contribution in [-0.2, 0) is 17.6 Å². The summed E-state index contributed by atoms with van der Waals surface area (Å²) in [5, 5.41) is 4.31. The molecule has 2 atom stereocenters. The lowest BCUT2D eigenvalue weighted by Crippen LogP contribution is -2.43. The first-order chi connectivity index (χ1) is 13.3. The number of hydrogen-bond donors (Lipinski definition) is 0. The molecule has 27 heavy (non-hydrogen) atoms. The molecule has 5 rings (SSSR count). The van der Waals surface area contributed by atoms with Crippen LogP contribution >= 0.6 is 11.3 Å². The largest absolute Gasteiger partial charge is 0.367 e. The van der Waals surface area contributed by atoms with E-state index in [1.54, 1.807) is 23.7 Å². The number of nitrogens with zero attached hydrogens (tertiary/aromatic N) is 4. The van der Waals surface area contributed by atoms with Crippen LogP contribution in [0.4, 0.5) is 5.82 Å². The average molecular weight is 379 g/mol. The van der Waals surface area contributed by atoms with Crippen LogP contribution in [0.15, 0.2) is 41.4 Å². The van der Waals surface area contributed by atoms with Gasteiger partial charge in [-0.3, -0.25) is 4.98 Å². The summed E-state index contributed by atoms with van der Waals surface area (Å²) in [5.41, 5.74) is 4.82. The van der Waals surface area contributed by atoms with Crippen molar-refractivity contribution in [1.29, 1.82) is 0 Å². The summed E-state index contributed by atoms with van der Waals surface area (Å²) in [5.74, 6) is 1.90. The molecule has 4 heterocycles. The van der Waals surface area contributed by atoms with Crippen molar-refractivity contribution in [3.05, 3.63) is 58.2 Å². The van der Waals surface area contributed by atoms with E-state index in [1.807, 2.05) is 12.1 Å². The molecular weight excluding hydrogens is 356 g/mol. The van der Waals surface area contributed by atoms with Gasteiger partial charge in [-0.1, -0.05) is 0 Å². The van der Waals surface area contributed by atoms with E-state index in [-0.39, 0.29) is 12.2 Å². The van der Waals surface area contributed by atoms with Crippen molar-refractivity contribution in [2.75, 3.05) is 18.0 Å². The number of hydrogen-bond acceptors (Lipinski definition) is 6. The van der Waals surface area contributed by atoms with Crippen LogP contribution in [0.25, 0.3) is 11.4 Å². The lowest BCUT2D eigenvalue weighted by Gasteiger charge is -2.38. The Morgan fingerprint density at radius 3 is 2.81 bits per heavy atom. The average Bonchev–Trinajstić information content (AvgIpc) is 3.39. The highest BCUT2D eigenvalue weighted by atomic mass is 32.1. The van der Waals surface area contributed by atoms with Gasteiger partial charge < -0.3 is 9.64 Å². The van der Waals surface area contributed by atoms with Gasteiger partial charge in [-0.2, -0.15) is 11.3 Å². The summed E-state index contributed by atoms with van der Waals surface area (Å²) in [6.07, 6.45) is 7.12. The van der Waals surface area contributed by atoms with Gasteiger partial charge in [0.25, 0.3) is 0 Å². The summed E-state index contributed by atoms with van der Waals surface area (Å²) >= 11 is 1.72. The predicted octanol–water partition coefficient (Wildman–Crippen LogP) is 4.06. The molecule has 0 N–H and O–H groups in total. The SMILES string of the molecule is CC1CN(c2nc(-c3ccncc3)nc3c2CCC3)CC(c2ccsc2)O1. The van der Waals surface area contributed by atoms with E-state index in [9.17, 15) is 0 Å². The molecule has 0 radical (unpaired) electrons. The van der Waals surface area contributed by atoms with Crippen LogP contribution in [0.5, 0.6) is 0 Å². The molecule has 0 amide bonds. The van der Waals surface area contributed by atoms with Crippen molar-refractivity contribution in [1.82, 2.24) is 15.0 Å². The minimum atomic E-state index is 0.0939. The van der Waals surface area contributed by atoms with Crippen molar-refractivity contribution < 1.29 is 4.74 Å². The van der Waals surface area contributed by atoms with Gasteiger partial charge in [0.15, 0.2) is 5.82 Å². The van der Waals surface area contributed by atoms with Crippen molar-refractivity contribution in [3.63, 3.8) is 0 Å². The van der Waals surface area contributed by atoms with E-state index in [4.69, 9.17) is 14.7 Å². The molecule has 1 saturated heterocycles. The number of aromatic nitrogens is 3. The second kappa shape index (κ2) is 7.02. The number of aryl methyl sites for hydroxylation is 1. The van der Waals surface area contributed by atoms with Crippen LogP contribution in [0.2, 0.25) is 0 Å². The minimum absolute atomic E-state index is 0.0939. The lowest BCUT2D eigenvalue weighted by atomic mass is 10.1. The summed E-state index contributed by atoms with van der Waals surface area (Å²) in [6, 6.07) is 6.13. The highest BCUT2D eigenvalue weighted by Crippen LogP contribution is 2.35. The van der Waals surface area contributed by atoms with Crippen LogP contribution < -0.4 is 4.90 Å². The standard InChI is InChI=1S/C21H22N4OS/c1-14-11-25(12-19(26-14)16-7-10-27-13-16)21-17-3-2-4-18(17)23-20(24-21)15-5-8-22-9-6-15/h5-10,13-14,19H,2-4,11-12H2,1H3. The highest BCUT2D eigenvalue weighted by Gasteiger charge is 2.31. The van der Waals surface area contributed by atoms with Gasteiger partial charge in [0.05, 0.1) is 6.10 Å². The molecule has 1 aliphatic heterocycles. The van der Waals surface area contributed by atoms with E-state index in [0.29, 0.717) is 0 Å². The zero-order valence-electron chi connectivity index (χ0n) is 15.3. The molecule has 3 aromatic heterocycles. The van der Waals surface area contributed by atoms with E-state index >= 15 is 0 Å². The molecule has 138 valence electrons. The van der Waals surface area contributed by atoms with Gasteiger partial charge in [0.1, 0.15) is 11.9 Å². The van der Waals surface area contributed by atoms with Gasteiger partial charge in [-0.25, -0.2) is 9.97 Å². The Morgan fingerprint density at radius 2 is 2.00 bits per heavy atom. The zero-order chi connectivity index (χ0) is 18.2. The van der Waals surface area contributed by atoms with E-state index in [1.165, 1.54) is 16.8 Å². The quantitative estimate of drug-likeness (QED) is 0.688. The molecule has 6 heteroatoms. The number of ether oxygens (including phenoxy) is 1. The molecule has 2 unspecified atom stereocenters. The topological polar surface area (TPSA) is 51.1 Å². The Labute approximate surface area is 163 Å². The minimum Gasteiger partial charge on any atom is -0.367 e. The molecule has 2 aliphatic rings. The maximum atomic E-state index is 6.23. The second-order valence-electron chi connectivity index (χ2n) is 7.28. The first-order valence-corrected chi connectivity index (χ1v) is 10.4. The maximum Gasteiger partial charge on any atom is 0.161 e. The molecule has 1 fully saturated rings. The third-order valence-electron chi connectivity index (χ3n) is 5.32. The molecule has 1 aliphatic carbocycles. The number of fused-ring (bicyclic) bond motifs is 1. The van der Waals surface area contributed by atoms with E-state index in [0.717, 1.165) is 49.6 Å². The fourth-order valence-electron chi connectivity index (χ4n) is 4.07. The Morgan fingerprint density at radius 1 is 1.11 bits per heavy atom. The Kier molecular flexibility index (Phi) is 4.38. The molecule has 0 bridgehead atoms. The summed E-state index contributed by atoms with van der Waals surface area (Å²) in [6.45, 7) is 3.84. The van der Waals surface area contributed by atoms with E-state index in [2.05, 4.69) is 33.6 Å². The van der Waals surface area contributed by atoms with Gasteiger partial charge in [0, 0.05) is 42.3 Å². The fraction of sp³-hybridized carbons (Fsp3) is 0.381. The predicted molar refractivity (Wildman–Crippen MR) is 107 cm³/mol. The fourth-order valence-corrected chi connectivity index (χ4v) is 4.77. The molecular formula is C21H22N4OS. The number of pyridine rings is 1. The Bertz CT molecular complexity index is 929. The number of morpholine rings is 1. The van der Waals surface area contributed by atoms with Crippen molar-refractivity contribution in [3.8, 4) is 11.4 Å². The first-order valence-electron chi connectivity index (χ1n) is 9.50. The van der Waals surface area contributed by atoms with Crippen LogP contribution in [0.3, 0.4) is 0 Å². The van der Waals surface area contributed by atoms with Gasteiger partial charge in [-0.15, -0.1) is 0 Å². The van der Waals surface area contributed by atoms with Gasteiger partial charge in [0.2, 0.25) is 0 Å². The Hall–Kier alpha value is -2.31. The van der Waals surface area contributed by atoms with E-state index < -0.39 is 0 Å². The highest BCUT2D eigenvalue weighted by molar-refractivity contribution is 7.07.